The van der Waals surface area contributed by atoms with E-state index in [-0.39, 0.29) is 0 Å². The number of aryl methyl sites for hydroxylation is 1. The van der Waals surface area contributed by atoms with Gasteiger partial charge in [0, 0.05) is 19.7 Å². The van der Waals surface area contributed by atoms with E-state index in [0.717, 1.165) is 9.44 Å². The molecule has 0 aliphatic rings. The molecule has 0 unspecified atom stereocenters. The molecule has 0 radical (unpaired) electrons. The Hall–Kier alpha value is -3.59. The third kappa shape index (κ3) is 3.27. The van der Waals surface area contributed by atoms with Crippen LogP contribution >= 0.6 is 11.3 Å². The molecule has 9 heteroatoms. The van der Waals surface area contributed by atoms with Gasteiger partial charge in [-0.05, 0) is 35.2 Å². The fraction of sp³-hybridized carbons (Fsp3) is 0.227. The van der Waals surface area contributed by atoms with Crippen LogP contribution in [0.15, 0.2) is 45.3 Å². The summed E-state index contributed by atoms with van der Waals surface area (Å²) < 4.78 is 18.9. The highest BCUT2D eigenvalue weighted by Crippen LogP contribution is 2.42. The van der Waals surface area contributed by atoms with Gasteiger partial charge in [-0.25, -0.2) is 9.78 Å². The molecule has 0 atom stereocenters. The predicted octanol–water partition coefficient (Wildman–Crippen LogP) is 3.05. The summed E-state index contributed by atoms with van der Waals surface area (Å²) in [6.07, 6.45) is 0. The number of pyridine rings is 1. The van der Waals surface area contributed by atoms with Gasteiger partial charge in [-0.1, -0.05) is 6.07 Å². The van der Waals surface area contributed by atoms with Gasteiger partial charge in [-0.2, -0.15) is 0 Å². The third-order valence-electron chi connectivity index (χ3n) is 5.16. The Bertz CT molecular complexity index is 1380. The number of rotatable bonds is 5. The maximum absolute atomic E-state index is 13.2. The highest BCUT2D eigenvalue weighted by molar-refractivity contribution is 7.13. The Morgan fingerprint density at radius 2 is 1.61 bits per heavy atom. The number of nitrogens with zero attached hydrogens (tertiary/aromatic N) is 3. The van der Waals surface area contributed by atoms with Gasteiger partial charge in [0.1, 0.15) is 0 Å². The molecule has 0 spiro atoms. The fourth-order valence-electron chi connectivity index (χ4n) is 3.57. The summed E-state index contributed by atoms with van der Waals surface area (Å²) in [6.45, 7) is 0. The van der Waals surface area contributed by atoms with E-state index in [4.69, 9.17) is 14.2 Å². The second-order valence-corrected chi connectivity index (χ2v) is 7.80. The van der Waals surface area contributed by atoms with Gasteiger partial charge in [-0.3, -0.25) is 13.9 Å². The third-order valence-corrected chi connectivity index (χ3v) is 6.05. The summed E-state index contributed by atoms with van der Waals surface area (Å²) in [7, 11) is 7.66. The molecular weight excluding hydrogens is 418 g/mol. The first kappa shape index (κ1) is 20.7. The average Bonchev–Trinajstić information content (AvgIpc) is 3.34. The zero-order chi connectivity index (χ0) is 22.3. The molecule has 8 nitrogen and oxygen atoms in total. The molecule has 3 heterocycles. The van der Waals surface area contributed by atoms with Crippen LogP contribution in [0.25, 0.3) is 32.7 Å². The Kier molecular flexibility index (Phi) is 5.28. The van der Waals surface area contributed by atoms with Gasteiger partial charge < -0.3 is 14.2 Å². The van der Waals surface area contributed by atoms with Crippen LogP contribution in [0, 0.1) is 0 Å². The highest BCUT2D eigenvalue weighted by atomic mass is 32.1. The number of thiophene rings is 1. The number of fused-ring (bicyclic) bond motifs is 1. The lowest BCUT2D eigenvalue weighted by atomic mass is 10.0. The molecule has 0 amide bonds. The van der Waals surface area contributed by atoms with Crippen LogP contribution in [0.3, 0.4) is 0 Å². The molecule has 0 aliphatic carbocycles. The molecule has 160 valence electrons. The first-order chi connectivity index (χ1) is 14.9. The van der Waals surface area contributed by atoms with E-state index in [2.05, 4.69) is 4.98 Å². The van der Waals surface area contributed by atoms with E-state index >= 15 is 0 Å². The molecule has 0 fully saturated rings. The summed E-state index contributed by atoms with van der Waals surface area (Å²) in [4.78, 5) is 31.3. The van der Waals surface area contributed by atoms with Crippen molar-refractivity contribution in [1.29, 1.82) is 0 Å². The first-order valence-corrected chi connectivity index (χ1v) is 10.2. The van der Waals surface area contributed by atoms with Crippen LogP contribution in [-0.2, 0) is 14.1 Å². The van der Waals surface area contributed by atoms with E-state index in [1.165, 1.54) is 44.3 Å². The standard InChI is InChI=1S/C22H21N3O5S/c1-24-20-18(21(26)25(2)22(24)27)13(11-14(23-20)17-7-6-8-31-17)12-9-15(28-3)19(30-5)16(10-12)29-4/h6-11H,1-5H3. The molecule has 0 saturated heterocycles. The lowest BCUT2D eigenvalue weighted by Gasteiger charge is -2.16. The zero-order valence-corrected chi connectivity index (χ0v) is 18.6. The molecule has 0 bridgehead atoms. The van der Waals surface area contributed by atoms with Crippen LogP contribution < -0.4 is 25.5 Å². The van der Waals surface area contributed by atoms with Gasteiger partial charge in [0.25, 0.3) is 5.56 Å². The fourth-order valence-corrected chi connectivity index (χ4v) is 4.26. The summed E-state index contributed by atoms with van der Waals surface area (Å²) in [5, 5.41) is 2.28. The normalized spacial score (nSPS) is 11.0. The van der Waals surface area contributed by atoms with Crippen LogP contribution in [-0.4, -0.2) is 35.4 Å². The van der Waals surface area contributed by atoms with Gasteiger partial charge in [0.15, 0.2) is 17.1 Å². The number of hydrogen-bond donors (Lipinski definition) is 0. The second-order valence-electron chi connectivity index (χ2n) is 6.85. The van der Waals surface area contributed by atoms with Gasteiger partial charge in [-0.15, -0.1) is 11.3 Å². The molecule has 4 aromatic rings. The average molecular weight is 439 g/mol. The van der Waals surface area contributed by atoms with E-state index in [0.29, 0.717) is 45.1 Å². The van der Waals surface area contributed by atoms with E-state index < -0.39 is 11.2 Å². The van der Waals surface area contributed by atoms with Crippen molar-refractivity contribution in [2.75, 3.05) is 21.3 Å². The zero-order valence-electron chi connectivity index (χ0n) is 17.8. The quantitative estimate of drug-likeness (QED) is 0.475. The molecule has 0 aliphatic heterocycles. The Morgan fingerprint density at radius 3 is 2.16 bits per heavy atom. The van der Waals surface area contributed by atoms with E-state index in [9.17, 15) is 9.59 Å². The van der Waals surface area contributed by atoms with Crippen molar-refractivity contribution >= 4 is 22.4 Å². The highest BCUT2D eigenvalue weighted by Gasteiger charge is 2.21. The van der Waals surface area contributed by atoms with Crippen molar-refractivity contribution in [2.45, 2.75) is 0 Å². The lowest BCUT2D eigenvalue weighted by Crippen LogP contribution is -2.37. The monoisotopic (exact) mass is 439 g/mol. The smallest absolute Gasteiger partial charge is 0.332 e. The van der Waals surface area contributed by atoms with Gasteiger partial charge in [0.2, 0.25) is 5.75 Å². The van der Waals surface area contributed by atoms with Gasteiger partial charge in [0.05, 0.1) is 37.3 Å². The first-order valence-electron chi connectivity index (χ1n) is 9.36. The van der Waals surface area contributed by atoms with Crippen LogP contribution in [0.1, 0.15) is 0 Å². The Morgan fingerprint density at radius 1 is 0.935 bits per heavy atom. The van der Waals surface area contributed by atoms with Crippen molar-refractivity contribution in [3.8, 4) is 38.9 Å². The second kappa shape index (κ2) is 7.92. The van der Waals surface area contributed by atoms with Crippen molar-refractivity contribution in [3.63, 3.8) is 0 Å². The van der Waals surface area contributed by atoms with E-state index in [1.807, 2.05) is 23.6 Å². The number of methoxy groups -OCH3 is 3. The Labute approximate surface area is 181 Å². The van der Waals surface area contributed by atoms with Crippen LogP contribution in [0.5, 0.6) is 17.2 Å². The lowest BCUT2D eigenvalue weighted by molar-refractivity contribution is 0.324. The summed E-state index contributed by atoms with van der Waals surface area (Å²) in [6, 6.07) is 9.27. The minimum Gasteiger partial charge on any atom is -0.493 e. The topological polar surface area (TPSA) is 84.6 Å². The summed E-state index contributed by atoms with van der Waals surface area (Å²) in [5.41, 5.74) is 1.40. The molecule has 4 rings (SSSR count). The van der Waals surface area contributed by atoms with Gasteiger partial charge >= 0.3 is 5.69 Å². The number of aromatic nitrogens is 3. The van der Waals surface area contributed by atoms with Crippen molar-refractivity contribution in [2.24, 2.45) is 14.1 Å². The van der Waals surface area contributed by atoms with E-state index in [1.54, 1.807) is 19.2 Å². The molecule has 1 aromatic carbocycles. The SMILES string of the molecule is COc1cc(-c2cc(-c3cccs3)nc3c2c(=O)n(C)c(=O)n3C)cc(OC)c1OC. The van der Waals surface area contributed by atoms with Crippen molar-refractivity contribution < 1.29 is 14.2 Å². The van der Waals surface area contributed by atoms with Crippen LogP contribution in [0.4, 0.5) is 0 Å². The maximum atomic E-state index is 13.2. The molecular formula is C22H21N3O5S. The summed E-state index contributed by atoms with van der Waals surface area (Å²) in [5.74, 6) is 1.37. The number of hydrogen-bond acceptors (Lipinski definition) is 7. The number of benzene rings is 1. The minimum atomic E-state index is -0.441. The molecule has 31 heavy (non-hydrogen) atoms. The molecule has 3 aromatic heterocycles. The maximum Gasteiger partial charge on any atom is 0.332 e. The summed E-state index contributed by atoms with van der Waals surface area (Å²) >= 11 is 1.52. The Balaban J connectivity index is 2.18. The predicted molar refractivity (Wildman–Crippen MR) is 121 cm³/mol. The van der Waals surface area contributed by atoms with Crippen molar-refractivity contribution in [1.82, 2.24) is 14.1 Å². The van der Waals surface area contributed by atoms with Crippen LogP contribution in [0.2, 0.25) is 0 Å². The molecule has 0 N–H and O–H groups in total. The van der Waals surface area contributed by atoms with Crippen molar-refractivity contribution in [3.05, 3.63) is 56.5 Å². The molecule has 0 saturated carbocycles. The minimum absolute atomic E-state index is 0.308. The largest absolute Gasteiger partial charge is 0.493 e. The number of ether oxygens (including phenoxy) is 3.